The molecule has 0 aliphatic carbocycles. The number of piperidine rings is 2. The third kappa shape index (κ3) is 12.9. The summed E-state index contributed by atoms with van der Waals surface area (Å²) in [7, 11) is 0. The summed E-state index contributed by atoms with van der Waals surface area (Å²) in [4.78, 5) is 70.1. The molecule has 6 fully saturated rings. The Hall–Kier alpha value is -7.13. The Morgan fingerprint density at radius 2 is 1.59 bits per heavy atom. The van der Waals surface area contributed by atoms with E-state index in [1.807, 2.05) is 6.07 Å². The maximum atomic E-state index is 17.2. The molecule has 11 rings (SSSR count). The van der Waals surface area contributed by atoms with Gasteiger partial charge in [0.1, 0.15) is 54.5 Å². The van der Waals surface area contributed by atoms with Crippen LogP contribution in [0.3, 0.4) is 0 Å². The maximum Gasteiger partial charge on any atom is 0.409 e. The lowest BCUT2D eigenvalue weighted by Crippen LogP contribution is -2.52. The first-order valence-electron chi connectivity index (χ1n) is 28.6. The van der Waals surface area contributed by atoms with Crippen LogP contribution in [0.15, 0.2) is 60.8 Å². The molecule has 2 unspecified atom stereocenters. The Labute approximate surface area is 474 Å². The number of hydrogen-bond donors (Lipinski definition) is 3. The minimum absolute atomic E-state index is 0.00865. The average Bonchev–Trinajstić information content (AvgIpc) is 4.29. The van der Waals surface area contributed by atoms with Crippen LogP contribution in [0.5, 0.6) is 11.8 Å². The van der Waals surface area contributed by atoms with E-state index in [1.54, 1.807) is 53.6 Å². The van der Waals surface area contributed by atoms with E-state index in [-0.39, 0.29) is 97.2 Å². The molecule has 5 aromatic rings. The van der Waals surface area contributed by atoms with Crippen LogP contribution in [-0.4, -0.2) is 183 Å². The lowest BCUT2D eigenvalue weighted by Gasteiger charge is -2.35. The summed E-state index contributed by atoms with van der Waals surface area (Å²) in [6.07, 6.45) is 14.5. The molecule has 5 atom stereocenters. The Balaban J connectivity index is 0.586. The van der Waals surface area contributed by atoms with Crippen molar-refractivity contribution in [2.24, 2.45) is 0 Å². The molecule has 22 heteroatoms. The molecule has 82 heavy (non-hydrogen) atoms. The molecular formula is C60H69F2N9O11. The number of rotatable bonds is 23. The lowest BCUT2D eigenvalue weighted by atomic mass is 9.95. The normalized spacial score (nSPS) is 22.8. The number of carbonyl (C=O) groups excluding carboxylic acids is 4. The monoisotopic (exact) mass is 1130 g/mol. The van der Waals surface area contributed by atoms with Crippen LogP contribution in [0.1, 0.15) is 80.1 Å². The van der Waals surface area contributed by atoms with Crippen molar-refractivity contribution in [2.75, 3.05) is 104 Å². The Morgan fingerprint density at radius 1 is 0.829 bits per heavy atom. The van der Waals surface area contributed by atoms with Gasteiger partial charge >= 0.3 is 12.1 Å². The molecule has 8 heterocycles. The molecule has 0 saturated carbocycles. The number of amides is 4. The first-order valence-corrected chi connectivity index (χ1v) is 28.6. The number of anilines is 1. The summed E-state index contributed by atoms with van der Waals surface area (Å²) in [5.41, 5.74) is 0.496. The molecule has 6 saturated heterocycles. The van der Waals surface area contributed by atoms with E-state index in [1.165, 1.54) is 6.07 Å². The molecule has 3 aromatic carbocycles. The molecule has 2 bridgehead atoms. The Kier molecular flexibility index (Phi) is 18.0. The highest BCUT2D eigenvalue weighted by Crippen LogP contribution is 2.44. The van der Waals surface area contributed by atoms with Crippen LogP contribution in [0.25, 0.3) is 32.9 Å². The molecule has 0 spiro atoms. The van der Waals surface area contributed by atoms with Crippen LogP contribution in [0.2, 0.25) is 0 Å². The summed E-state index contributed by atoms with van der Waals surface area (Å²) in [5, 5.41) is 10.1. The fraction of sp³-hybridized carbons (Fsp3) is 0.517. The fourth-order valence-electron chi connectivity index (χ4n) is 12.5. The second-order valence-electron chi connectivity index (χ2n) is 21.9. The van der Waals surface area contributed by atoms with Crippen molar-refractivity contribution >= 4 is 51.3 Å². The van der Waals surface area contributed by atoms with Gasteiger partial charge in [0.25, 0.3) is 5.91 Å². The number of imide groups is 1. The lowest BCUT2D eigenvalue weighted by molar-refractivity contribution is -0.134. The Bertz CT molecular complexity index is 3180. The number of halogens is 2. The first kappa shape index (κ1) is 56.7. The van der Waals surface area contributed by atoms with Crippen molar-refractivity contribution in [1.29, 1.82) is 0 Å². The van der Waals surface area contributed by atoms with E-state index < -0.39 is 29.5 Å². The molecule has 3 N–H and O–H groups in total. The quantitative estimate of drug-likeness (QED) is 0.0406. The van der Waals surface area contributed by atoms with Gasteiger partial charge in [-0.25, -0.2) is 13.6 Å². The van der Waals surface area contributed by atoms with Crippen molar-refractivity contribution in [3.8, 4) is 35.4 Å². The highest BCUT2D eigenvalue weighted by molar-refractivity contribution is 6.04. The summed E-state index contributed by atoms with van der Waals surface area (Å²) in [6, 6.07) is 14.7. The number of hydrogen-bond acceptors (Lipinski definition) is 17. The van der Waals surface area contributed by atoms with Gasteiger partial charge in [-0.05, 0) is 94.0 Å². The molecule has 20 nitrogen and oxygen atoms in total. The van der Waals surface area contributed by atoms with Crippen LogP contribution < -0.4 is 30.3 Å². The fourth-order valence-corrected chi connectivity index (χ4v) is 12.5. The van der Waals surface area contributed by atoms with Gasteiger partial charge in [0.05, 0.1) is 68.8 Å². The van der Waals surface area contributed by atoms with E-state index in [4.69, 9.17) is 49.5 Å². The highest BCUT2D eigenvalue weighted by atomic mass is 19.1. The zero-order valence-electron chi connectivity index (χ0n) is 45.8. The minimum Gasteiger partial charge on any atom is -0.491 e. The van der Waals surface area contributed by atoms with Crippen molar-refractivity contribution in [3.63, 3.8) is 0 Å². The second-order valence-corrected chi connectivity index (χ2v) is 21.9. The number of piperazine rings is 1. The van der Waals surface area contributed by atoms with E-state index in [9.17, 15) is 19.2 Å². The SMILES string of the molecule is C#Cc1c(F)ccc2cccc(-c3ncc4c(N5CC6CCC(C5)N6)nc(OC[C@@]56CCCN5[C@H](COC(=O)N5CCC(OCCOCCOCCOCCOc7cccc(C(=O)N[C@H]8CCC(=O)NC8=O)c7)CC5)CC6)nc4c3F)c12. The van der Waals surface area contributed by atoms with E-state index >= 15 is 8.78 Å². The van der Waals surface area contributed by atoms with Gasteiger partial charge in [0.15, 0.2) is 5.82 Å². The predicted octanol–water partition coefficient (Wildman–Crippen LogP) is 5.70. The number of ether oxygens (including phenoxy) is 7. The topological polar surface area (TPSA) is 217 Å². The molecule has 4 amide bonds. The number of carbonyl (C=O) groups is 4. The zero-order valence-corrected chi connectivity index (χ0v) is 45.8. The summed E-state index contributed by atoms with van der Waals surface area (Å²) >= 11 is 0. The highest BCUT2D eigenvalue weighted by Gasteiger charge is 2.50. The largest absolute Gasteiger partial charge is 0.491 e. The van der Waals surface area contributed by atoms with E-state index in [0.29, 0.717) is 124 Å². The van der Waals surface area contributed by atoms with Gasteiger partial charge in [0.2, 0.25) is 11.8 Å². The van der Waals surface area contributed by atoms with Crippen molar-refractivity contribution < 1.29 is 61.1 Å². The van der Waals surface area contributed by atoms with Crippen molar-refractivity contribution in [3.05, 3.63) is 83.6 Å². The number of pyridine rings is 1. The third-order valence-electron chi connectivity index (χ3n) is 16.6. The number of aromatic nitrogens is 3. The number of nitrogens with zero attached hydrogens (tertiary/aromatic N) is 6. The van der Waals surface area contributed by atoms with Crippen LogP contribution in [-0.2, 0) is 33.3 Å². The molecule has 6 aliphatic rings. The molecule has 434 valence electrons. The van der Waals surface area contributed by atoms with Gasteiger partial charge in [-0.3, -0.25) is 29.6 Å². The smallest absolute Gasteiger partial charge is 0.409 e. The predicted molar refractivity (Wildman–Crippen MR) is 297 cm³/mol. The summed E-state index contributed by atoms with van der Waals surface area (Å²) in [6.45, 7) is 6.83. The van der Waals surface area contributed by atoms with Gasteiger partial charge in [-0.1, -0.05) is 36.3 Å². The third-order valence-corrected chi connectivity index (χ3v) is 16.6. The number of terminal acetylenes is 1. The van der Waals surface area contributed by atoms with Gasteiger partial charge < -0.3 is 53.6 Å². The average molecular weight is 1130 g/mol. The second kappa shape index (κ2) is 26.0. The van der Waals surface area contributed by atoms with Crippen molar-refractivity contribution in [1.82, 2.24) is 40.7 Å². The summed E-state index contributed by atoms with van der Waals surface area (Å²) < 4.78 is 73.5. The summed E-state index contributed by atoms with van der Waals surface area (Å²) in [5.74, 6) is 0.981. The van der Waals surface area contributed by atoms with Gasteiger partial charge in [-0.2, -0.15) is 9.97 Å². The maximum absolute atomic E-state index is 17.2. The minimum atomic E-state index is -0.762. The molecule has 0 radical (unpaired) electrons. The van der Waals surface area contributed by atoms with Crippen LogP contribution in [0, 0.1) is 24.0 Å². The molecule has 2 aromatic heterocycles. The molecular weight excluding hydrogens is 1060 g/mol. The number of likely N-dealkylation sites (tertiary alicyclic amines) is 1. The van der Waals surface area contributed by atoms with Crippen LogP contribution in [0.4, 0.5) is 19.4 Å². The number of fused-ring (bicyclic) bond motifs is 5. The number of nitrogens with one attached hydrogen (secondary N) is 3. The number of benzene rings is 3. The zero-order chi connectivity index (χ0) is 56.6. The van der Waals surface area contributed by atoms with Gasteiger partial charge in [0, 0.05) is 73.4 Å². The first-order chi connectivity index (χ1) is 40.0. The van der Waals surface area contributed by atoms with Crippen LogP contribution >= 0.6 is 0 Å². The standard InChI is InChI=1S/C60H69F2N9O11/c1-2-45-48(61)13-10-38-6-4-9-46(51(38)45)53-52(62)54-47(33-63-53)55(70-34-40-11-12-41(35-70)64-40)68-58(67-54)82-37-60-19-5-21-71(60)42(16-20-60)36-81-59(75)69-22-17-43(18-23-69)79-30-28-77-26-24-76-25-27-78-29-31-80-44-8-3-7-39(32-44)56(73)65-49-14-15-50(72)66-57(49)74/h1,3-4,6-10,13,32-33,40-43,49,64H,5,11-12,14-31,34-37H2,(H,65,73)(H,66,72,74)/t40?,41?,42-,49-,60-/m0/s1. The Morgan fingerprint density at radius 3 is 2.35 bits per heavy atom. The van der Waals surface area contributed by atoms with Gasteiger partial charge in [-0.15, -0.1) is 6.42 Å². The molecule has 6 aliphatic heterocycles. The van der Waals surface area contributed by atoms with E-state index in [2.05, 4.69) is 36.7 Å². The van der Waals surface area contributed by atoms with Crippen molar-refractivity contribution in [2.45, 2.75) is 100 Å². The van der Waals surface area contributed by atoms with E-state index in [0.717, 1.165) is 45.1 Å².